The van der Waals surface area contributed by atoms with E-state index in [0.29, 0.717) is 12.1 Å². The van der Waals surface area contributed by atoms with Crippen molar-refractivity contribution in [1.29, 1.82) is 0 Å². The summed E-state index contributed by atoms with van der Waals surface area (Å²) in [5.41, 5.74) is 3.45. The molecule has 0 saturated heterocycles. The van der Waals surface area contributed by atoms with Gasteiger partial charge in [-0.1, -0.05) is 30.3 Å². The van der Waals surface area contributed by atoms with Crippen LogP contribution in [0, 0.1) is 0 Å². The van der Waals surface area contributed by atoms with Crippen LogP contribution in [-0.4, -0.2) is 16.0 Å². The van der Waals surface area contributed by atoms with Gasteiger partial charge in [-0.25, -0.2) is 0 Å². The van der Waals surface area contributed by atoms with Crippen molar-refractivity contribution in [3.05, 3.63) is 71.4 Å². The van der Waals surface area contributed by atoms with Gasteiger partial charge in [0.25, 0.3) is 5.91 Å². The predicted octanol–water partition coefficient (Wildman–Crippen LogP) is 2.59. The number of hydrogen-bond donors (Lipinski definition) is 3. The molecule has 3 aromatic rings. The number of rotatable bonds is 4. The smallest absolute Gasteiger partial charge is 0.251 e. The van der Waals surface area contributed by atoms with E-state index in [1.54, 1.807) is 0 Å². The van der Waals surface area contributed by atoms with E-state index >= 15 is 0 Å². The van der Waals surface area contributed by atoms with Crippen LogP contribution in [0.2, 0.25) is 0 Å². The third kappa shape index (κ3) is 2.95. The number of aliphatic hydroxyl groups excluding tert-OH is 1. The number of amides is 1. The highest BCUT2D eigenvalue weighted by atomic mass is 16.3. The first-order chi connectivity index (χ1) is 10.3. The molecule has 1 amide bonds. The highest BCUT2D eigenvalue weighted by molar-refractivity contribution is 5.97. The van der Waals surface area contributed by atoms with Crippen LogP contribution in [0.25, 0.3) is 10.9 Å². The molecule has 0 aliphatic rings. The molecule has 0 bridgehead atoms. The fraction of sp³-hybridized carbons (Fsp3) is 0.118. The van der Waals surface area contributed by atoms with Crippen molar-refractivity contribution in [3.8, 4) is 0 Å². The minimum atomic E-state index is -0.0993. The van der Waals surface area contributed by atoms with Crippen LogP contribution in [0.15, 0.2) is 54.7 Å². The van der Waals surface area contributed by atoms with E-state index in [1.165, 1.54) is 0 Å². The lowest BCUT2D eigenvalue weighted by Crippen LogP contribution is -2.22. The van der Waals surface area contributed by atoms with Crippen LogP contribution >= 0.6 is 0 Å². The zero-order valence-corrected chi connectivity index (χ0v) is 11.5. The first-order valence-corrected chi connectivity index (χ1v) is 6.80. The Bertz CT molecular complexity index is 760. The van der Waals surface area contributed by atoms with Crippen molar-refractivity contribution in [2.45, 2.75) is 13.2 Å². The van der Waals surface area contributed by atoms with Crippen LogP contribution in [0.3, 0.4) is 0 Å². The van der Waals surface area contributed by atoms with E-state index in [2.05, 4.69) is 10.3 Å². The van der Waals surface area contributed by atoms with Gasteiger partial charge in [-0.05, 0) is 34.7 Å². The van der Waals surface area contributed by atoms with Crippen LogP contribution in [0.1, 0.15) is 21.5 Å². The maximum atomic E-state index is 12.1. The number of aliphatic hydroxyl groups is 1. The number of H-pyrrole nitrogens is 1. The van der Waals surface area contributed by atoms with Crippen LogP contribution in [0.4, 0.5) is 0 Å². The second-order valence-corrected chi connectivity index (χ2v) is 4.94. The maximum absolute atomic E-state index is 12.1. The van der Waals surface area contributed by atoms with Gasteiger partial charge in [-0.2, -0.15) is 0 Å². The lowest BCUT2D eigenvalue weighted by atomic mass is 10.1. The highest BCUT2D eigenvalue weighted by Crippen LogP contribution is 2.14. The molecule has 21 heavy (non-hydrogen) atoms. The number of nitrogens with one attached hydrogen (secondary N) is 2. The van der Waals surface area contributed by atoms with Gasteiger partial charge < -0.3 is 15.4 Å². The lowest BCUT2D eigenvalue weighted by molar-refractivity contribution is 0.0951. The van der Waals surface area contributed by atoms with E-state index in [1.807, 2.05) is 54.7 Å². The summed E-state index contributed by atoms with van der Waals surface area (Å²) in [6.07, 6.45) is 1.86. The molecule has 0 unspecified atom stereocenters. The molecule has 1 heterocycles. The average molecular weight is 280 g/mol. The molecule has 0 radical (unpaired) electrons. The molecule has 0 saturated carbocycles. The molecule has 0 fully saturated rings. The summed E-state index contributed by atoms with van der Waals surface area (Å²) >= 11 is 0. The number of aromatic nitrogens is 1. The second-order valence-electron chi connectivity index (χ2n) is 4.94. The van der Waals surface area contributed by atoms with E-state index in [-0.39, 0.29) is 12.5 Å². The zero-order valence-electron chi connectivity index (χ0n) is 11.5. The van der Waals surface area contributed by atoms with Gasteiger partial charge in [0.1, 0.15) is 0 Å². The Hall–Kier alpha value is -2.59. The number of benzene rings is 2. The fourth-order valence-corrected chi connectivity index (χ4v) is 2.24. The Kier molecular flexibility index (Phi) is 3.71. The van der Waals surface area contributed by atoms with Crippen LogP contribution in [-0.2, 0) is 13.2 Å². The van der Waals surface area contributed by atoms with Gasteiger partial charge >= 0.3 is 0 Å². The molecule has 3 rings (SSSR count). The number of carbonyl (C=O) groups is 1. The minimum absolute atomic E-state index is 0.0306. The second kappa shape index (κ2) is 5.81. The summed E-state index contributed by atoms with van der Waals surface area (Å²) in [7, 11) is 0. The normalized spacial score (nSPS) is 10.7. The minimum Gasteiger partial charge on any atom is -0.392 e. The SMILES string of the molecule is O=C(NCc1ccc(CO)cc1)c1ccc2cc[nH]c2c1. The molecule has 0 aliphatic heterocycles. The zero-order chi connectivity index (χ0) is 14.7. The fourth-order valence-electron chi connectivity index (χ4n) is 2.24. The quantitative estimate of drug-likeness (QED) is 0.687. The molecule has 0 spiro atoms. The van der Waals surface area contributed by atoms with Gasteiger partial charge in [0.05, 0.1) is 6.61 Å². The Morgan fingerprint density at radius 2 is 1.81 bits per heavy atom. The van der Waals surface area contributed by atoms with Gasteiger partial charge in [-0.3, -0.25) is 4.79 Å². The van der Waals surface area contributed by atoms with E-state index in [4.69, 9.17) is 5.11 Å². The van der Waals surface area contributed by atoms with Crippen LogP contribution < -0.4 is 5.32 Å². The Morgan fingerprint density at radius 3 is 2.57 bits per heavy atom. The van der Waals surface area contributed by atoms with Crippen molar-refractivity contribution < 1.29 is 9.90 Å². The van der Waals surface area contributed by atoms with Gasteiger partial charge in [0.2, 0.25) is 0 Å². The third-order valence-electron chi connectivity index (χ3n) is 3.48. The molecule has 4 heteroatoms. The van der Waals surface area contributed by atoms with E-state index in [9.17, 15) is 4.79 Å². The van der Waals surface area contributed by atoms with Crippen molar-refractivity contribution in [3.63, 3.8) is 0 Å². The number of aromatic amines is 1. The van der Waals surface area contributed by atoms with Crippen molar-refractivity contribution >= 4 is 16.8 Å². The topological polar surface area (TPSA) is 65.1 Å². The summed E-state index contributed by atoms with van der Waals surface area (Å²) in [5.74, 6) is -0.0993. The van der Waals surface area contributed by atoms with Crippen molar-refractivity contribution in [2.75, 3.05) is 0 Å². The van der Waals surface area contributed by atoms with Gasteiger partial charge in [-0.15, -0.1) is 0 Å². The highest BCUT2D eigenvalue weighted by Gasteiger charge is 2.06. The number of fused-ring (bicyclic) bond motifs is 1. The maximum Gasteiger partial charge on any atom is 0.251 e. The molecule has 106 valence electrons. The summed E-state index contributed by atoms with van der Waals surface area (Å²) in [5, 5.41) is 13.0. The molecule has 1 aromatic heterocycles. The monoisotopic (exact) mass is 280 g/mol. The van der Waals surface area contributed by atoms with Gasteiger partial charge in [0.15, 0.2) is 0 Å². The summed E-state index contributed by atoms with van der Waals surface area (Å²) in [6, 6.07) is 15.1. The Labute approximate surface area is 122 Å². The molecule has 4 nitrogen and oxygen atoms in total. The largest absolute Gasteiger partial charge is 0.392 e. The number of hydrogen-bond acceptors (Lipinski definition) is 2. The molecular formula is C17H16N2O2. The van der Waals surface area contributed by atoms with Gasteiger partial charge in [0, 0.05) is 23.8 Å². The average Bonchev–Trinajstić information content (AvgIpc) is 3.00. The van der Waals surface area contributed by atoms with Crippen molar-refractivity contribution in [2.24, 2.45) is 0 Å². The molecule has 3 N–H and O–H groups in total. The summed E-state index contributed by atoms with van der Waals surface area (Å²) in [6.45, 7) is 0.496. The van der Waals surface area contributed by atoms with E-state index < -0.39 is 0 Å². The third-order valence-corrected chi connectivity index (χ3v) is 3.48. The predicted molar refractivity (Wildman–Crippen MR) is 81.8 cm³/mol. The Morgan fingerprint density at radius 1 is 1.05 bits per heavy atom. The van der Waals surface area contributed by atoms with Crippen LogP contribution in [0.5, 0.6) is 0 Å². The molecule has 0 atom stereocenters. The summed E-state index contributed by atoms with van der Waals surface area (Å²) < 4.78 is 0. The molecule has 2 aromatic carbocycles. The van der Waals surface area contributed by atoms with E-state index in [0.717, 1.165) is 22.0 Å². The van der Waals surface area contributed by atoms with Crippen molar-refractivity contribution in [1.82, 2.24) is 10.3 Å². The molecule has 0 aliphatic carbocycles. The number of carbonyl (C=O) groups excluding carboxylic acids is 1. The Balaban J connectivity index is 1.67. The first kappa shape index (κ1) is 13.4. The summed E-state index contributed by atoms with van der Waals surface area (Å²) in [4.78, 5) is 15.2. The first-order valence-electron chi connectivity index (χ1n) is 6.80. The molecular weight excluding hydrogens is 264 g/mol. The standard InChI is InChI=1S/C17H16N2O2/c20-11-13-3-1-12(2-4-13)10-19-17(21)15-6-5-14-7-8-18-16(14)9-15/h1-9,18,20H,10-11H2,(H,19,21). The lowest BCUT2D eigenvalue weighted by Gasteiger charge is -2.06.